The summed E-state index contributed by atoms with van der Waals surface area (Å²) in [6.07, 6.45) is 4.86. The largest absolute Gasteiger partial charge is 0.496 e. The summed E-state index contributed by atoms with van der Waals surface area (Å²) in [6.45, 7) is 0.189. The first kappa shape index (κ1) is 30.8. The molecule has 0 spiro atoms. The van der Waals surface area contributed by atoms with Gasteiger partial charge in [-0.2, -0.15) is 0 Å². The maximum absolute atomic E-state index is 14.7. The Kier molecular flexibility index (Phi) is 9.29. The summed E-state index contributed by atoms with van der Waals surface area (Å²) in [7, 11) is 6.84. The second-order valence-corrected chi connectivity index (χ2v) is 12.3. The predicted octanol–water partition coefficient (Wildman–Crippen LogP) is 6.78. The lowest BCUT2D eigenvalue weighted by molar-refractivity contribution is 0.0604. The summed E-state index contributed by atoms with van der Waals surface area (Å²) >= 11 is 7.44. The lowest BCUT2D eigenvalue weighted by atomic mass is 9.89. The second-order valence-electron chi connectivity index (χ2n) is 10.9. The van der Waals surface area contributed by atoms with Crippen LogP contribution in [-0.4, -0.2) is 66.9 Å². The number of amides is 2. The predicted molar refractivity (Wildman–Crippen MR) is 166 cm³/mol. The minimum absolute atomic E-state index is 0.0209. The molecule has 1 aliphatic rings. The molecule has 1 aliphatic carbocycles. The van der Waals surface area contributed by atoms with E-state index in [1.807, 2.05) is 31.3 Å². The Balaban J connectivity index is 1.55. The number of ether oxygens (including phenoxy) is 1. The van der Waals surface area contributed by atoms with Crippen molar-refractivity contribution in [2.75, 3.05) is 28.3 Å². The van der Waals surface area contributed by atoms with E-state index in [1.54, 1.807) is 38.4 Å². The van der Waals surface area contributed by atoms with Crippen molar-refractivity contribution in [1.82, 2.24) is 20.1 Å². The number of nitrogens with zero attached hydrogens (tertiary/aromatic N) is 3. The number of hydrogen-bond acceptors (Lipinski definition) is 6. The normalized spacial score (nSPS) is 16.7. The number of hydrogen-bond donors (Lipinski definition) is 1. The number of fused-ring (bicyclic) bond motifs is 1. The SMILES string of the molecule is CNC1CCC(N(Cc2cc(-c3ccnc(C(=O)N(C)C)c3)ccc2OC)C(=O)c2sc3c(F)ccc(F)c3c2Cl)CC1. The molecule has 5 rings (SSSR count). The van der Waals surface area contributed by atoms with Gasteiger partial charge in [0.25, 0.3) is 11.8 Å². The van der Waals surface area contributed by atoms with Crippen molar-refractivity contribution < 1.29 is 23.1 Å². The number of pyridine rings is 1. The van der Waals surface area contributed by atoms with Gasteiger partial charge in [0, 0.05) is 44.5 Å². The van der Waals surface area contributed by atoms with Crippen molar-refractivity contribution in [2.24, 2.45) is 0 Å². The third-order valence-corrected chi connectivity index (χ3v) is 9.70. The Morgan fingerprint density at radius 3 is 2.37 bits per heavy atom. The quantitative estimate of drug-likeness (QED) is 0.233. The van der Waals surface area contributed by atoms with Crippen LogP contribution in [0.4, 0.5) is 8.78 Å². The van der Waals surface area contributed by atoms with Crippen LogP contribution < -0.4 is 10.1 Å². The zero-order chi connectivity index (χ0) is 30.8. The van der Waals surface area contributed by atoms with Gasteiger partial charge in [-0.1, -0.05) is 17.7 Å². The van der Waals surface area contributed by atoms with Crippen LogP contribution in [0.5, 0.6) is 5.75 Å². The average molecular weight is 627 g/mol. The van der Waals surface area contributed by atoms with Gasteiger partial charge in [0.2, 0.25) is 0 Å². The number of carbonyl (C=O) groups excluding carboxylic acids is 2. The monoisotopic (exact) mass is 626 g/mol. The van der Waals surface area contributed by atoms with Gasteiger partial charge in [-0.05, 0) is 80.3 Å². The van der Waals surface area contributed by atoms with Crippen LogP contribution in [0, 0.1) is 11.6 Å². The van der Waals surface area contributed by atoms with Gasteiger partial charge >= 0.3 is 0 Å². The van der Waals surface area contributed by atoms with Crippen LogP contribution in [0.3, 0.4) is 0 Å². The summed E-state index contributed by atoms with van der Waals surface area (Å²) < 4.78 is 35.1. The number of aromatic nitrogens is 1. The first-order chi connectivity index (χ1) is 20.6. The minimum Gasteiger partial charge on any atom is -0.496 e. The molecule has 0 atom stereocenters. The van der Waals surface area contributed by atoms with Gasteiger partial charge in [0.1, 0.15) is 28.0 Å². The van der Waals surface area contributed by atoms with Gasteiger partial charge in [-0.25, -0.2) is 8.78 Å². The molecule has 1 saturated carbocycles. The smallest absolute Gasteiger partial charge is 0.271 e. The van der Waals surface area contributed by atoms with E-state index in [1.165, 1.54) is 4.90 Å². The molecule has 0 bridgehead atoms. The summed E-state index contributed by atoms with van der Waals surface area (Å²) in [4.78, 5) is 34.3. The van der Waals surface area contributed by atoms with E-state index in [4.69, 9.17) is 16.3 Å². The standard InChI is InChI=1S/C32H33ClF2N4O3S/c1-36-21-6-8-22(9-7-21)39(32(41)30-28(33)27-23(34)10-11-24(35)29(27)43-30)17-20-15-18(5-12-26(20)42-4)19-13-14-37-25(16-19)31(40)38(2)3/h5,10-16,21-22,36H,6-9,17H2,1-4H3. The molecule has 2 aromatic heterocycles. The van der Waals surface area contributed by atoms with Crippen molar-refractivity contribution in [3.63, 3.8) is 0 Å². The summed E-state index contributed by atoms with van der Waals surface area (Å²) in [5.41, 5.74) is 2.67. The van der Waals surface area contributed by atoms with Gasteiger partial charge in [0.05, 0.1) is 22.2 Å². The first-order valence-electron chi connectivity index (χ1n) is 14.0. The van der Waals surface area contributed by atoms with Gasteiger partial charge in [-0.15, -0.1) is 11.3 Å². The van der Waals surface area contributed by atoms with Crippen LogP contribution in [0.1, 0.15) is 51.4 Å². The molecule has 2 heterocycles. The third-order valence-electron chi connectivity index (χ3n) is 8.02. The average Bonchev–Trinajstić information content (AvgIpc) is 3.39. The van der Waals surface area contributed by atoms with E-state index < -0.39 is 11.6 Å². The fourth-order valence-electron chi connectivity index (χ4n) is 5.63. The Morgan fingerprint density at radius 1 is 1.02 bits per heavy atom. The minimum atomic E-state index is -0.670. The molecule has 0 saturated heterocycles. The summed E-state index contributed by atoms with van der Waals surface area (Å²) in [6, 6.07) is 11.5. The van der Waals surface area contributed by atoms with E-state index >= 15 is 0 Å². The topological polar surface area (TPSA) is 74.8 Å². The molecule has 7 nitrogen and oxygen atoms in total. The Morgan fingerprint density at radius 2 is 1.72 bits per heavy atom. The lowest BCUT2D eigenvalue weighted by Crippen LogP contribution is -2.44. The molecule has 1 fully saturated rings. The number of halogens is 3. The van der Waals surface area contributed by atoms with Gasteiger partial charge in [0.15, 0.2) is 0 Å². The first-order valence-corrected chi connectivity index (χ1v) is 15.2. The maximum atomic E-state index is 14.7. The van der Waals surface area contributed by atoms with Crippen LogP contribution in [0.2, 0.25) is 5.02 Å². The van der Waals surface area contributed by atoms with Crippen LogP contribution in [-0.2, 0) is 6.54 Å². The molecule has 11 heteroatoms. The number of rotatable bonds is 8. The van der Waals surface area contributed by atoms with Crippen molar-refractivity contribution >= 4 is 44.8 Å². The molecule has 226 valence electrons. The molecule has 0 aliphatic heterocycles. The maximum Gasteiger partial charge on any atom is 0.271 e. The fraction of sp³-hybridized carbons (Fsp3) is 0.344. The Labute approximate surface area is 258 Å². The highest BCUT2D eigenvalue weighted by atomic mass is 35.5. The number of carbonyl (C=O) groups is 2. The number of methoxy groups -OCH3 is 1. The van der Waals surface area contributed by atoms with E-state index in [2.05, 4.69) is 10.3 Å². The highest BCUT2D eigenvalue weighted by Crippen LogP contribution is 2.40. The highest BCUT2D eigenvalue weighted by molar-refractivity contribution is 7.21. The molecule has 2 amide bonds. The van der Waals surface area contributed by atoms with Gasteiger partial charge in [-0.3, -0.25) is 14.6 Å². The van der Waals surface area contributed by atoms with Crippen LogP contribution in [0.15, 0.2) is 48.7 Å². The zero-order valence-corrected chi connectivity index (χ0v) is 26.0. The Hall–Kier alpha value is -3.60. The van der Waals surface area contributed by atoms with Gasteiger partial charge < -0.3 is 19.9 Å². The van der Waals surface area contributed by atoms with Crippen LogP contribution in [0.25, 0.3) is 21.2 Å². The van der Waals surface area contributed by atoms with E-state index in [9.17, 15) is 18.4 Å². The molecule has 0 unspecified atom stereocenters. The second kappa shape index (κ2) is 13.0. The fourth-order valence-corrected chi connectivity index (χ4v) is 7.14. The molecule has 1 N–H and O–H groups in total. The molecule has 4 aromatic rings. The molecule has 2 aromatic carbocycles. The van der Waals surface area contributed by atoms with Crippen LogP contribution >= 0.6 is 22.9 Å². The number of benzene rings is 2. The molecule has 0 radical (unpaired) electrons. The molecular formula is C32H33ClF2N4O3S. The van der Waals surface area contributed by atoms with E-state index in [0.717, 1.165) is 65.8 Å². The summed E-state index contributed by atoms with van der Waals surface area (Å²) in [5.74, 6) is -1.30. The Bertz CT molecular complexity index is 1670. The summed E-state index contributed by atoms with van der Waals surface area (Å²) in [5, 5.41) is 3.17. The zero-order valence-electron chi connectivity index (χ0n) is 24.4. The number of thiophene rings is 1. The van der Waals surface area contributed by atoms with Crippen molar-refractivity contribution in [2.45, 2.75) is 44.3 Å². The van der Waals surface area contributed by atoms with E-state index in [0.29, 0.717) is 17.5 Å². The highest BCUT2D eigenvalue weighted by Gasteiger charge is 2.33. The van der Waals surface area contributed by atoms with Crippen molar-refractivity contribution in [3.05, 3.63) is 81.5 Å². The van der Waals surface area contributed by atoms with E-state index in [-0.39, 0.29) is 44.4 Å². The molecule has 43 heavy (non-hydrogen) atoms. The third kappa shape index (κ3) is 6.23. The van der Waals surface area contributed by atoms with Crippen molar-refractivity contribution in [3.8, 4) is 16.9 Å². The lowest BCUT2D eigenvalue weighted by Gasteiger charge is -2.37. The molecular weight excluding hydrogens is 594 g/mol. The number of nitrogens with one attached hydrogen (secondary N) is 1. The van der Waals surface area contributed by atoms with Crippen molar-refractivity contribution in [1.29, 1.82) is 0 Å².